The second-order valence-electron chi connectivity index (χ2n) is 5.74. The van der Waals surface area contributed by atoms with E-state index in [0.29, 0.717) is 26.2 Å². The normalized spacial score (nSPS) is 23.5. The Hall–Kier alpha value is -0.320. The first-order valence-electron chi connectivity index (χ1n) is 8.06. The largest absolute Gasteiger partial charge is 0.381 e. The van der Waals surface area contributed by atoms with Crippen molar-refractivity contribution in [2.45, 2.75) is 12.8 Å². The molecule has 0 atom stereocenters. The molecule has 8 nitrogen and oxygen atoms in total. The number of aliphatic hydroxyl groups is 4. The van der Waals surface area contributed by atoms with Crippen molar-refractivity contribution in [3.8, 4) is 0 Å². The van der Waals surface area contributed by atoms with Crippen molar-refractivity contribution in [3.63, 3.8) is 0 Å². The molecular formula is C14H32N4O4. The molecule has 22 heavy (non-hydrogen) atoms. The predicted molar refractivity (Wildman–Crippen MR) is 83.9 cm³/mol. The fourth-order valence-corrected chi connectivity index (χ4v) is 2.61. The van der Waals surface area contributed by atoms with Gasteiger partial charge in [0.1, 0.15) is 0 Å². The lowest BCUT2D eigenvalue weighted by atomic mass is 10.3. The van der Waals surface area contributed by atoms with Gasteiger partial charge in [0.15, 0.2) is 0 Å². The van der Waals surface area contributed by atoms with Gasteiger partial charge in [0.25, 0.3) is 0 Å². The van der Waals surface area contributed by atoms with E-state index in [9.17, 15) is 20.4 Å². The van der Waals surface area contributed by atoms with Crippen LogP contribution in [0.25, 0.3) is 0 Å². The molecule has 0 aliphatic carbocycles. The van der Waals surface area contributed by atoms with E-state index < -0.39 is 0 Å². The highest BCUT2D eigenvalue weighted by Gasteiger charge is 2.12. The van der Waals surface area contributed by atoms with Crippen LogP contribution >= 0.6 is 0 Å². The highest BCUT2D eigenvalue weighted by molar-refractivity contribution is 4.65. The second kappa shape index (κ2) is 12.1. The van der Waals surface area contributed by atoms with E-state index in [-0.39, 0.29) is 26.9 Å². The second-order valence-corrected chi connectivity index (χ2v) is 5.74. The molecule has 1 fully saturated rings. The van der Waals surface area contributed by atoms with Crippen molar-refractivity contribution < 1.29 is 20.4 Å². The van der Waals surface area contributed by atoms with Crippen LogP contribution in [-0.4, -0.2) is 119 Å². The molecule has 0 bridgehead atoms. The fourth-order valence-electron chi connectivity index (χ4n) is 2.61. The van der Waals surface area contributed by atoms with Crippen LogP contribution in [0.4, 0.5) is 0 Å². The Bertz CT molecular complexity index is 223. The zero-order valence-corrected chi connectivity index (χ0v) is 13.5. The molecule has 0 amide bonds. The van der Waals surface area contributed by atoms with Crippen molar-refractivity contribution in [2.75, 3.05) is 79.3 Å². The lowest BCUT2D eigenvalue weighted by molar-refractivity contribution is 0.0387. The third kappa shape index (κ3) is 7.80. The molecule has 0 saturated carbocycles. The van der Waals surface area contributed by atoms with Gasteiger partial charge in [-0.05, 0) is 12.8 Å². The molecule has 1 heterocycles. The van der Waals surface area contributed by atoms with Gasteiger partial charge in [-0.1, -0.05) is 0 Å². The lowest BCUT2D eigenvalue weighted by Crippen LogP contribution is -2.41. The summed E-state index contributed by atoms with van der Waals surface area (Å²) in [6.07, 6.45) is 1.72. The van der Waals surface area contributed by atoms with Crippen LogP contribution in [0.2, 0.25) is 0 Å². The predicted octanol–water partition coefficient (Wildman–Crippen LogP) is -2.21. The molecule has 0 aromatic heterocycles. The summed E-state index contributed by atoms with van der Waals surface area (Å²) in [4.78, 5) is 7.79. The van der Waals surface area contributed by atoms with Crippen molar-refractivity contribution in [2.24, 2.45) is 0 Å². The molecule has 1 aliphatic rings. The van der Waals surface area contributed by atoms with Gasteiger partial charge in [0, 0.05) is 52.4 Å². The molecule has 0 radical (unpaired) electrons. The number of hydrogen-bond acceptors (Lipinski definition) is 8. The Morgan fingerprint density at radius 2 is 0.636 bits per heavy atom. The third-order valence-corrected chi connectivity index (χ3v) is 4.16. The van der Waals surface area contributed by atoms with Gasteiger partial charge < -0.3 is 20.4 Å². The number of rotatable bonds is 4. The summed E-state index contributed by atoms with van der Waals surface area (Å²) in [5.74, 6) is 0. The molecule has 8 heteroatoms. The maximum Gasteiger partial charge on any atom is 0.0956 e. The van der Waals surface area contributed by atoms with Crippen molar-refractivity contribution in [1.82, 2.24) is 19.6 Å². The molecular weight excluding hydrogens is 288 g/mol. The van der Waals surface area contributed by atoms with Gasteiger partial charge in [-0.25, -0.2) is 0 Å². The minimum atomic E-state index is 0.0106. The summed E-state index contributed by atoms with van der Waals surface area (Å²) in [5.41, 5.74) is 0. The lowest BCUT2D eigenvalue weighted by Gasteiger charge is -2.29. The van der Waals surface area contributed by atoms with Gasteiger partial charge in [0.2, 0.25) is 0 Å². The van der Waals surface area contributed by atoms with Crippen LogP contribution in [0.1, 0.15) is 12.8 Å². The first-order chi connectivity index (χ1) is 10.7. The Balaban J connectivity index is 2.56. The maximum atomic E-state index is 9.39. The summed E-state index contributed by atoms with van der Waals surface area (Å²) in [7, 11) is 0. The highest BCUT2D eigenvalue weighted by Crippen LogP contribution is 2.01. The average Bonchev–Trinajstić information content (AvgIpc) is 2.56. The summed E-state index contributed by atoms with van der Waals surface area (Å²) in [5, 5.41) is 37.6. The Kier molecular flexibility index (Phi) is 10.9. The van der Waals surface area contributed by atoms with Gasteiger partial charge in [-0.3, -0.25) is 19.6 Å². The average molecular weight is 320 g/mol. The molecule has 0 aromatic rings. The third-order valence-electron chi connectivity index (χ3n) is 4.16. The molecule has 1 aliphatic heterocycles. The highest BCUT2D eigenvalue weighted by atomic mass is 16.3. The van der Waals surface area contributed by atoms with E-state index >= 15 is 0 Å². The van der Waals surface area contributed by atoms with E-state index in [0.717, 1.165) is 39.0 Å². The van der Waals surface area contributed by atoms with Crippen LogP contribution in [0.3, 0.4) is 0 Å². The van der Waals surface area contributed by atoms with Crippen LogP contribution in [-0.2, 0) is 0 Å². The van der Waals surface area contributed by atoms with Crippen molar-refractivity contribution >= 4 is 0 Å². The smallest absolute Gasteiger partial charge is 0.0956 e. The topological polar surface area (TPSA) is 93.9 Å². The maximum absolute atomic E-state index is 9.39. The minimum absolute atomic E-state index is 0.0106. The van der Waals surface area contributed by atoms with Gasteiger partial charge in [0.05, 0.1) is 26.9 Å². The van der Waals surface area contributed by atoms with E-state index in [2.05, 4.69) is 0 Å². The van der Waals surface area contributed by atoms with Crippen LogP contribution < -0.4 is 0 Å². The first kappa shape index (κ1) is 19.7. The standard InChI is InChI=1S/C14H32N4O4/c19-11-15-3-1-4-16(12-20)8-10-18(14-22)6-2-5-17(13-21)9-7-15/h19-22H,1-14H2. The Morgan fingerprint density at radius 3 is 0.818 bits per heavy atom. The molecule has 1 saturated heterocycles. The molecule has 0 spiro atoms. The minimum Gasteiger partial charge on any atom is -0.381 e. The molecule has 0 unspecified atom stereocenters. The number of aliphatic hydroxyl groups excluding tert-OH is 4. The van der Waals surface area contributed by atoms with Crippen LogP contribution in [0.15, 0.2) is 0 Å². The summed E-state index contributed by atoms with van der Waals surface area (Å²) in [6.45, 7) is 5.91. The monoisotopic (exact) mass is 320 g/mol. The Labute approximate surface area is 133 Å². The summed E-state index contributed by atoms with van der Waals surface area (Å²) < 4.78 is 0. The van der Waals surface area contributed by atoms with Gasteiger partial charge >= 0.3 is 0 Å². The quantitative estimate of drug-likeness (QED) is 0.463. The molecule has 1 rings (SSSR count). The van der Waals surface area contributed by atoms with Crippen LogP contribution in [0, 0.1) is 0 Å². The summed E-state index contributed by atoms with van der Waals surface area (Å²) in [6, 6.07) is 0. The van der Waals surface area contributed by atoms with Crippen molar-refractivity contribution in [1.29, 1.82) is 0 Å². The van der Waals surface area contributed by atoms with E-state index in [1.54, 1.807) is 0 Å². The zero-order chi connectivity index (χ0) is 16.2. The number of nitrogens with zero attached hydrogens (tertiary/aromatic N) is 4. The first-order valence-corrected chi connectivity index (χ1v) is 8.06. The molecule has 0 aromatic carbocycles. The van der Waals surface area contributed by atoms with Crippen molar-refractivity contribution in [3.05, 3.63) is 0 Å². The fraction of sp³-hybridized carbons (Fsp3) is 1.00. The van der Waals surface area contributed by atoms with Crippen LogP contribution in [0.5, 0.6) is 0 Å². The Morgan fingerprint density at radius 1 is 0.409 bits per heavy atom. The van der Waals surface area contributed by atoms with E-state index in [1.165, 1.54) is 0 Å². The molecule has 132 valence electrons. The molecule has 4 N–H and O–H groups in total. The zero-order valence-electron chi connectivity index (χ0n) is 13.5. The van der Waals surface area contributed by atoms with Gasteiger partial charge in [-0.15, -0.1) is 0 Å². The SMILES string of the molecule is OCN1CCCN(CO)CCN(CO)CCCN(CO)CC1. The van der Waals surface area contributed by atoms with E-state index in [4.69, 9.17) is 0 Å². The van der Waals surface area contributed by atoms with Gasteiger partial charge in [-0.2, -0.15) is 0 Å². The van der Waals surface area contributed by atoms with E-state index in [1.807, 2.05) is 19.6 Å². The number of hydrogen-bond donors (Lipinski definition) is 4. The summed E-state index contributed by atoms with van der Waals surface area (Å²) >= 11 is 0.